The SMILES string of the molecule is Cc1cc(C)cc(N(CCC#N)C(=O)C(C)OC(=O)C(C)(C)C#N)c1. The van der Waals surface area contributed by atoms with Gasteiger partial charge in [0.15, 0.2) is 6.10 Å². The van der Waals surface area contributed by atoms with Crippen molar-refractivity contribution in [1.82, 2.24) is 0 Å². The van der Waals surface area contributed by atoms with Crippen LogP contribution in [-0.4, -0.2) is 24.5 Å². The maximum absolute atomic E-state index is 12.8. The molecule has 1 atom stereocenters. The van der Waals surface area contributed by atoms with Gasteiger partial charge in [0.2, 0.25) is 0 Å². The van der Waals surface area contributed by atoms with Gasteiger partial charge in [0.05, 0.1) is 18.6 Å². The monoisotopic (exact) mass is 341 g/mol. The lowest BCUT2D eigenvalue weighted by Gasteiger charge is -2.27. The summed E-state index contributed by atoms with van der Waals surface area (Å²) in [6.45, 7) is 8.37. The zero-order valence-electron chi connectivity index (χ0n) is 15.3. The van der Waals surface area contributed by atoms with Crippen molar-refractivity contribution in [2.75, 3.05) is 11.4 Å². The smallest absolute Gasteiger partial charge is 0.326 e. The van der Waals surface area contributed by atoms with Crippen molar-refractivity contribution in [2.24, 2.45) is 5.41 Å². The minimum Gasteiger partial charge on any atom is -0.451 e. The van der Waals surface area contributed by atoms with E-state index < -0.39 is 23.4 Å². The Morgan fingerprint density at radius 2 is 1.76 bits per heavy atom. The Hall–Kier alpha value is -2.86. The minimum absolute atomic E-state index is 0.156. The van der Waals surface area contributed by atoms with E-state index in [9.17, 15) is 9.59 Å². The highest BCUT2D eigenvalue weighted by Gasteiger charge is 2.33. The number of nitriles is 2. The summed E-state index contributed by atoms with van der Waals surface area (Å²) >= 11 is 0. The van der Waals surface area contributed by atoms with Gasteiger partial charge >= 0.3 is 5.97 Å². The molecule has 1 amide bonds. The molecule has 0 aliphatic heterocycles. The second-order valence-electron chi connectivity index (χ2n) is 6.53. The largest absolute Gasteiger partial charge is 0.451 e. The van der Waals surface area contributed by atoms with E-state index in [2.05, 4.69) is 0 Å². The third-order valence-corrected chi connectivity index (χ3v) is 3.65. The summed E-state index contributed by atoms with van der Waals surface area (Å²) in [5, 5.41) is 17.9. The average Bonchev–Trinajstić information content (AvgIpc) is 2.53. The predicted molar refractivity (Wildman–Crippen MR) is 93.4 cm³/mol. The number of esters is 1. The third-order valence-electron chi connectivity index (χ3n) is 3.65. The van der Waals surface area contributed by atoms with Crippen molar-refractivity contribution in [3.05, 3.63) is 29.3 Å². The van der Waals surface area contributed by atoms with Crippen LogP contribution in [0.4, 0.5) is 5.69 Å². The Labute approximate surface area is 148 Å². The van der Waals surface area contributed by atoms with Gasteiger partial charge in [-0.05, 0) is 57.9 Å². The normalized spacial score (nSPS) is 11.8. The van der Waals surface area contributed by atoms with E-state index in [4.69, 9.17) is 15.3 Å². The number of ether oxygens (including phenoxy) is 1. The molecule has 1 rings (SSSR count). The third kappa shape index (κ3) is 5.32. The first kappa shape index (κ1) is 20.2. The molecule has 1 aromatic carbocycles. The molecule has 0 saturated heterocycles. The molecule has 0 fully saturated rings. The number of benzene rings is 1. The van der Waals surface area contributed by atoms with E-state index in [0.717, 1.165) is 11.1 Å². The van der Waals surface area contributed by atoms with E-state index in [1.807, 2.05) is 44.2 Å². The first-order valence-electron chi connectivity index (χ1n) is 8.01. The molecule has 0 spiro atoms. The van der Waals surface area contributed by atoms with Crippen molar-refractivity contribution in [3.63, 3.8) is 0 Å². The predicted octanol–water partition coefficient (Wildman–Crippen LogP) is 3.03. The maximum Gasteiger partial charge on any atom is 0.326 e. The second-order valence-corrected chi connectivity index (χ2v) is 6.53. The summed E-state index contributed by atoms with van der Waals surface area (Å²) in [4.78, 5) is 26.2. The van der Waals surface area contributed by atoms with Crippen LogP contribution in [0.1, 0.15) is 38.3 Å². The van der Waals surface area contributed by atoms with Crippen molar-refractivity contribution in [3.8, 4) is 12.1 Å². The Bertz CT molecular complexity index is 721. The zero-order chi connectivity index (χ0) is 19.2. The van der Waals surface area contributed by atoms with Crippen molar-refractivity contribution >= 4 is 17.6 Å². The summed E-state index contributed by atoms with van der Waals surface area (Å²) in [5.74, 6) is -1.18. The van der Waals surface area contributed by atoms with E-state index in [-0.39, 0.29) is 13.0 Å². The summed E-state index contributed by atoms with van der Waals surface area (Å²) in [6, 6.07) is 9.54. The van der Waals surface area contributed by atoms with Crippen LogP contribution in [0.3, 0.4) is 0 Å². The van der Waals surface area contributed by atoms with Crippen molar-refractivity contribution in [2.45, 2.75) is 47.1 Å². The van der Waals surface area contributed by atoms with E-state index in [1.54, 1.807) is 0 Å². The van der Waals surface area contributed by atoms with Crippen LogP contribution in [0.15, 0.2) is 18.2 Å². The number of hydrogen-bond acceptors (Lipinski definition) is 5. The lowest BCUT2D eigenvalue weighted by atomic mass is 9.96. The molecule has 0 aromatic heterocycles. The minimum atomic E-state index is -1.33. The number of rotatable bonds is 6. The zero-order valence-corrected chi connectivity index (χ0v) is 15.3. The molecule has 0 heterocycles. The molecular formula is C19H23N3O3. The maximum atomic E-state index is 12.8. The van der Waals surface area contributed by atoms with E-state index in [1.165, 1.54) is 25.7 Å². The summed E-state index contributed by atoms with van der Waals surface area (Å²) in [5.41, 5.74) is 1.30. The molecule has 6 nitrogen and oxygen atoms in total. The highest BCUT2D eigenvalue weighted by atomic mass is 16.5. The Kier molecular flexibility index (Phi) is 6.70. The molecule has 0 radical (unpaired) electrons. The number of hydrogen-bond donors (Lipinski definition) is 0. The molecular weight excluding hydrogens is 318 g/mol. The van der Waals surface area contributed by atoms with Crippen LogP contribution in [0.2, 0.25) is 0 Å². The summed E-state index contributed by atoms with van der Waals surface area (Å²) < 4.78 is 5.18. The van der Waals surface area contributed by atoms with Gasteiger partial charge < -0.3 is 9.64 Å². The van der Waals surface area contributed by atoms with Gasteiger partial charge in [-0.3, -0.25) is 9.59 Å². The lowest BCUT2D eigenvalue weighted by Crippen LogP contribution is -2.42. The Balaban J connectivity index is 3.06. The lowest BCUT2D eigenvalue weighted by molar-refractivity contribution is -0.160. The first-order valence-corrected chi connectivity index (χ1v) is 8.01. The molecule has 132 valence electrons. The van der Waals surface area contributed by atoms with Crippen molar-refractivity contribution in [1.29, 1.82) is 10.5 Å². The van der Waals surface area contributed by atoms with Gasteiger partial charge in [0, 0.05) is 12.2 Å². The van der Waals surface area contributed by atoms with Crippen LogP contribution >= 0.6 is 0 Å². The fourth-order valence-electron chi connectivity index (χ4n) is 2.26. The van der Waals surface area contributed by atoms with Gasteiger partial charge in [-0.2, -0.15) is 10.5 Å². The number of carbonyl (C=O) groups excluding carboxylic acids is 2. The molecule has 6 heteroatoms. The number of anilines is 1. The molecule has 0 N–H and O–H groups in total. The van der Waals surface area contributed by atoms with Crippen molar-refractivity contribution < 1.29 is 14.3 Å². The molecule has 25 heavy (non-hydrogen) atoms. The standard InChI is InChI=1S/C19H23N3O3/c1-13-9-14(2)11-16(10-13)22(8-6-7-20)17(23)15(3)25-18(24)19(4,5)12-21/h9-11,15H,6,8H2,1-5H3. The van der Waals surface area contributed by atoms with Gasteiger partial charge in [0.1, 0.15) is 5.41 Å². The van der Waals surface area contributed by atoms with Crippen LogP contribution in [0.5, 0.6) is 0 Å². The first-order chi connectivity index (χ1) is 11.6. The number of carbonyl (C=O) groups is 2. The van der Waals surface area contributed by atoms with Crippen LogP contribution in [-0.2, 0) is 14.3 Å². The Morgan fingerprint density at radius 3 is 2.24 bits per heavy atom. The molecule has 0 aliphatic carbocycles. The topological polar surface area (TPSA) is 94.2 Å². The number of aryl methyl sites for hydroxylation is 2. The van der Waals surface area contributed by atoms with Gasteiger partial charge in [-0.15, -0.1) is 0 Å². The quantitative estimate of drug-likeness (QED) is 0.741. The van der Waals surface area contributed by atoms with Crippen LogP contribution in [0.25, 0.3) is 0 Å². The fraction of sp³-hybridized carbons (Fsp3) is 0.474. The van der Waals surface area contributed by atoms with E-state index in [0.29, 0.717) is 5.69 Å². The number of amides is 1. The second kappa shape index (κ2) is 8.30. The molecule has 0 bridgehead atoms. The van der Waals surface area contributed by atoms with Gasteiger partial charge in [-0.1, -0.05) is 6.07 Å². The van der Waals surface area contributed by atoms with Gasteiger partial charge in [-0.25, -0.2) is 0 Å². The van der Waals surface area contributed by atoms with Gasteiger partial charge in [0.25, 0.3) is 5.91 Å². The highest BCUT2D eigenvalue weighted by Crippen LogP contribution is 2.22. The molecule has 1 aromatic rings. The molecule has 1 unspecified atom stereocenters. The Morgan fingerprint density at radius 1 is 1.20 bits per heavy atom. The van der Waals surface area contributed by atoms with Crippen LogP contribution < -0.4 is 4.90 Å². The number of nitrogens with zero attached hydrogens (tertiary/aromatic N) is 3. The average molecular weight is 341 g/mol. The summed E-state index contributed by atoms with van der Waals surface area (Å²) in [6.07, 6.45) is -0.900. The summed E-state index contributed by atoms with van der Waals surface area (Å²) in [7, 11) is 0. The molecule has 0 aliphatic rings. The fourth-order valence-corrected chi connectivity index (χ4v) is 2.26. The molecule has 0 saturated carbocycles. The highest BCUT2D eigenvalue weighted by molar-refractivity contribution is 5.98. The van der Waals surface area contributed by atoms with E-state index >= 15 is 0 Å². The van der Waals surface area contributed by atoms with Crippen LogP contribution in [0, 0.1) is 41.9 Å².